The summed E-state index contributed by atoms with van der Waals surface area (Å²) < 4.78 is 0.940. The van der Waals surface area contributed by atoms with Gasteiger partial charge < -0.3 is 10.2 Å². The van der Waals surface area contributed by atoms with Gasteiger partial charge in [0.1, 0.15) is 0 Å². The number of benzene rings is 1. The van der Waals surface area contributed by atoms with Crippen LogP contribution in [-0.2, 0) is 0 Å². The summed E-state index contributed by atoms with van der Waals surface area (Å²) in [6, 6.07) is 8.43. The zero-order chi connectivity index (χ0) is 13.8. The minimum absolute atomic E-state index is 0.0318. The van der Waals surface area contributed by atoms with E-state index < -0.39 is 0 Å². The van der Waals surface area contributed by atoms with E-state index in [0.717, 1.165) is 36.0 Å². The van der Waals surface area contributed by atoms with Crippen LogP contribution in [0.1, 0.15) is 37.0 Å². The van der Waals surface area contributed by atoms with E-state index >= 15 is 0 Å². The molecule has 1 aromatic rings. The Morgan fingerprint density at radius 1 is 1.37 bits per heavy atom. The maximum atomic E-state index is 12.1. The lowest BCUT2D eigenvalue weighted by Gasteiger charge is -2.34. The molecule has 1 amide bonds. The number of halogens is 1. The topological polar surface area (TPSA) is 32.3 Å². The average molecular weight is 325 g/mol. The van der Waals surface area contributed by atoms with Gasteiger partial charge in [-0.15, -0.1) is 0 Å². The molecule has 3 nitrogen and oxygen atoms in total. The smallest absolute Gasteiger partial charge is 0.251 e. The van der Waals surface area contributed by atoms with Crippen LogP contribution < -0.4 is 5.32 Å². The summed E-state index contributed by atoms with van der Waals surface area (Å²) in [6.07, 6.45) is 2.08. The molecule has 4 heteroatoms. The summed E-state index contributed by atoms with van der Waals surface area (Å²) in [6.45, 7) is 6.59. The highest BCUT2D eigenvalue weighted by Crippen LogP contribution is 2.15. The number of hydrogen-bond donors (Lipinski definition) is 1. The summed E-state index contributed by atoms with van der Waals surface area (Å²) in [5.74, 6) is 0.0318. The van der Waals surface area contributed by atoms with Crippen molar-refractivity contribution < 1.29 is 4.79 Å². The van der Waals surface area contributed by atoms with E-state index in [4.69, 9.17) is 0 Å². The van der Waals surface area contributed by atoms with Crippen molar-refractivity contribution in [1.82, 2.24) is 10.2 Å². The fraction of sp³-hybridized carbons (Fsp3) is 0.533. The monoisotopic (exact) mass is 324 g/mol. The van der Waals surface area contributed by atoms with E-state index in [2.05, 4.69) is 40.0 Å². The van der Waals surface area contributed by atoms with Crippen LogP contribution in [0.4, 0.5) is 0 Å². The molecule has 1 saturated heterocycles. The summed E-state index contributed by atoms with van der Waals surface area (Å²) in [5, 5.41) is 3.14. The Bertz CT molecular complexity index is 440. The first-order valence-electron chi connectivity index (χ1n) is 6.87. The molecule has 0 spiro atoms. The van der Waals surface area contributed by atoms with E-state index in [1.54, 1.807) is 0 Å². The molecule has 1 fully saturated rings. The van der Waals surface area contributed by atoms with Crippen LogP contribution in [0.15, 0.2) is 28.7 Å². The van der Waals surface area contributed by atoms with E-state index in [-0.39, 0.29) is 5.91 Å². The van der Waals surface area contributed by atoms with Gasteiger partial charge >= 0.3 is 0 Å². The Kier molecular flexibility index (Phi) is 4.99. The van der Waals surface area contributed by atoms with Gasteiger partial charge in [0.25, 0.3) is 5.91 Å². The molecule has 19 heavy (non-hydrogen) atoms. The Morgan fingerprint density at radius 3 is 2.63 bits per heavy atom. The first-order valence-corrected chi connectivity index (χ1v) is 7.66. The van der Waals surface area contributed by atoms with Crippen LogP contribution in [0, 0.1) is 0 Å². The molecular weight excluding hydrogens is 304 g/mol. The van der Waals surface area contributed by atoms with Crippen LogP contribution in [0.5, 0.6) is 0 Å². The number of piperidine rings is 1. The van der Waals surface area contributed by atoms with Crippen LogP contribution in [0.2, 0.25) is 0 Å². The molecule has 0 radical (unpaired) electrons. The van der Waals surface area contributed by atoms with Gasteiger partial charge in [-0.1, -0.05) is 22.0 Å². The number of hydrogen-bond acceptors (Lipinski definition) is 2. The third-order valence-corrected chi connectivity index (χ3v) is 4.18. The number of carbonyl (C=O) groups excluding carboxylic acids is 1. The fourth-order valence-corrected chi connectivity index (χ4v) is 2.86. The van der Waals surface area contributed by atoms with Gasteiger partial charge in [-0.3, -0.25) is 4.79 Å². The van der Waals surface area contributed by atoms with Gasteiger partial charge in [0, 0.05) is 35.2 Å². The average Bonchev–Trinajstić information content (AvgIpc) is 2.39. The second kappa shape index (κ2) is 6.53. The summed E-state index contributed by atoms with van der Waals surface area (Å²) in [5.41, 5.74) is 0.723. The van der Waals surface area contributed by atoms with Gasteiger partial charge in [-0.2, -0.15) is 0 Å². The molecule has 1 N–H and O–H groups in total. The van der Waals surface area contributed by atoms with Crippen molar-refractivity contribution in [3.63, 3.8) is 0 Å². The molecular formula is C15H21BrN2O. The summed E-state index contributed by atoms with van der Waals surface area (Å²) >= 11 is 3.39. The third-order valence-electron chi connectivity index (χ3n) is 3.68. The lowest BCUT2D eigenvalue weighted by atomic mass is 10.0. The Balaban J connectivity index is 1.87. The van der Waals surface area contributed by atoms with Crippen molar-refractivity contribution in [3.05, 3.63) is 34.3 Å². The molecule has 2 rings (SSSR count). The Morgan fingerprint density at radius 2 is 2.05 bits per heavy atom. The Labute approximate surface area is 123 Å². The zero-order valence-electron chi connectivity index (χ0n) is 11.5. The summed E-state index contributed by atoms with van der Waals surface area (Å²) in [7, 11) is 0. The molecule has 0 aliphatic carbocycles. The first kappa shape index (κ1) is 14.5. The molecule has 1 aliphatic heterocycles. The predicted octanol–water partition coefficient (Wildman–Crippen LogP) is 3.05. The molecule has 1 aliphatic rings. The molecule has 0 bridgehead atoms. The second-order valence-electron chi connectivity index (χ2n) is 5.39. The lowest BCUT2D eigenvalue weighted by molar-refractivity contribution is 0.0900. The molecule has 0 aromatic heterocycles. The first-order chi connectivity index (χ1) is 9.06. The van der Waals surface area contributed by atoms with Crippen molar-refractivity contribution in [2.75, 3.05) is 13.1 Å². The van der Waals surface area contributed by atoms with Gasteiger partial charge in [0.2, 0.25) is 0 Å². The number of amides is 1. The van der Waals surface area contributed by atoms with Gasteiger partial charge in [0.05, 0.1) is 0 Å². The van der Waals surface area contributed by atoms with Crippen LogP contribution in [0.3, 0.4) is 0 Å². The van der Waals surface area contributed by atoms with E-state index in [1.807, 2.05) is 24.3 Å². The normalized spacial score (nSPS) is 17.7. The van der Waals surface area contributed by atoms with Crippen molar-refractivity contribution in [1.29, 1.82) is 0 Å². The highest BCUT2D eigenvalue weighted by molar-refractivity contribution is 9.10. The van der Waals surface area contributed by atoms with Crippen LogP contribution in [0.25, 0.3) is 0 Å². The molecule has 104 valence electrons. The number of rotatable bonds is 3. The Hall–Kier alpha value is -0.870. The van der Waals surface area contributed by atoms with E-state index in [1.165, 1.54) is 0 Å². The molecule has 1 aromatic carbocycles. The molecule has 0 unspecified atom stereocenters. The van der Waals surface area contributed by atoms with Gasteiger partial charge in [-0.05, 0) is 44.9 Å². The number of carbonyl (C=O) groups is 1. The number of nitrogens with one attached hydrogen (secondary N) is 1. The third kappa shape index (κ3) is 4.05. The predicted molar refractivity (Wildman–Crippen MR) is 81.3 cm³/mol. The largest absolute Gasteiger partial charge is 0.349 e. The highest BCUT2D eigenvalue weighted by atomic mass is 79.9. The molecule has 1 heterocycles. The summed E-state index contributed by atoms with van der Waals surface area (Å²) in [4.78, 5) is 14.6. The molecule has 0 atom stereocenters. The number of nitrogens with zero attached hydrogens (tertiary/aromatic N) is 1. The minimum Gasteiger partial charge on any atom is -0.349 e. The van der Waals surface area contributed by atoms with Crippen molar-refractivity contribution in [3.8, 4) is 0 Å². The molecule has 0 saturated carbocycles. The van der Waals surface area contributed by atoms with E-state index in [9.17, 15) is 4.79 Å². The standard InChI is InChI=1S/C15H21BrN2O/c1-11(2)18-8-6-14(7-9-18)17-15(19)12-4-3-5-13(16)10-12/h3-5,10-11,14H,6-9H2,1-2H3,(H,17,19). The van der Waals surface area contributed by atoms with Gasteiger partial charge in [-0.25, -0.2) is 0 Å². The fourth-order valence-electron chi connectivity index (χ4n) is 2.46. The quantitative estimate of drug-likeness (QED) is 0.926. The minimum atomic E-state index is 0.0318. The zero-order valence-corrected chi connectivity index (χ0v) is 13.1. The van der Waals surface area contributed by atoms with Crippen LogP contribution >= 0.6 is 15.9 Å². The maximum absolute atomic E-state index is 12.1. The van der Waals surface area contributed by atoms with Crippen molar-refractivity contribution in [2.45, 2.75) is 38.8 Å². The second-order valence-corrected chi connectivity index (χ2v) is 6.30. The number of likely N-dealkylation sites (tertiary alicyclic amines) is 1. The maximum Gasteiger partial charge on any atom is 0.251 e. The lowest BCUT2D eigenvalue weighted by Crippen LogP contribution is -2.46. The highest BCUT2D eigenvalue weighted by Gasteiger charge is 2.22. The van der Waals surface area contributed by atoms with Gasteiger partial charge in [0.15, 0.2) is 0 Å². The van der Waals surface area contributed by atoms with Crippen molar-refractivity contribution in [2.24, 2.45) is 0 Å². The SMILES string of the molecule is CC(C)N1CCC(NC(=O)c2cccc(Br)c2)CC1. The van der Waals surface area contributed by atoms with Crippen molar-refractivity contribution >= 4 is 21.8 Å². The van der Waals surface area contributed by atoms with E-state index in [0.29, 0.717) is 12.1 Å². The van der Waals surface area contributed by atoms with Crippen LogP contribution in [-0.4, -0.2) is 36.0 Å².